The Morgan fingerprint density at radius 2 is 2.50 bits per heavy atom. The number of rotatable bonds is 1. The zero-order chi connectivity index (χ0) is 5.98. The highest BCUT2D eigenvalue weighted by molar-refractivity contribution is 5.27. The van der Waals surface area contributed by atoms with Gasteiger partial charge in [-0.05, 0) is 5.53 Å². The number of nitrogens with one attached hydrogen (secondary N) is 2. The molecule has 2 N–H and O–H groups in total. The van der Waals surface area contributed by atoms with Gasteiger partial charge in [-0.2, -0.15) is 0 Å². The van der Waals surface area contributed by atoms with E-state index in [0.29, 0.717) is 0 Å². The van der Waals surface area contributed by atoms with Crippen molar-refractivity contribution in [1.29, 1.82) is 0 Å². The normalized spacial score (nSPS) is 9.00. The maximum atomic E-state index is 10.3. The molecule has 8 heavy (non-hydrogen) atoms. The highest BCUT2D eigenvalue weighted by atomic mass is 16.1. The zero-order valence-corrected chi connectivity index (χ0v) is 3.88. The van der Waals surface area contributed by atoms with Crippen molar-refractivity contribution in [2.75, 3.05) is 0 Å². The van der Waals surface area contributed by atoms with E-state index in [1.54, 1.807) is 0 Å². The molecule has 0 atom stereocenters. The van der Waals surface area contributed by atoms with E-state index < -0.39 is 5.56 Å². The van der Waals surface area contributed by atoms with Crippen molar-refractivity contribution < 1.29 is 0 Å². The fourth-order valence-corrected chi connectivity index (χ4v) is 0.374. The average molecular weight is 111 g/mol. The molecule has 0 bridgehead atoms. The van der Waals surface area contributed by atoms with Crippen molar-refractivity contribution in [2.45, 2.75) is 0 Å². The van der Waals surface area contributed by atoms with Crippen LogP contribution in [0.2, 0.25) is 0 Å². The Kier molecular flexibility index (Phi) is 0.957. The molecule has 41 valence electrons. The average Bonchev–Trinajstić information content (AvgIpc) is 2.14. The Bertz CT molecular complexity index is 233. The monoisotopic (exact) mass is 111 g/mol. The minimum absolute atomic E-state index is 0.00926. The molecule has 1 rings (SSSR count). The minimum atomic E-state index is -0.424. The number of hydrogen-bond acceptors (Lipinski definition) is 2. The number of H-pyrrole nitrogens is 2. The molecule has 0 fully saturated rings. The molecule has 0 aliphatic carbocycles. The van der Waals surface area contributed by atoms with Crippen molar-refractivity contribution >= 4 is 5.69 Å². The third kappa shape index (κ3) is 0.534. The molecule has 0 spiro atoms. The fraction of sp³-hybridized carbons (Fsp3) is 0. The van der Waals surface area contributed by atoms with Crippen LogP contribution < -0.4 is 11.1 Å². The van der Waals surface area contributed by atoms with E-state index in [4.69, 9.17) is 5.53 Å². The molecule has 0 saturated heterocycles. The number of aromatic amines is 2. The lowest BCUT2D eigenvalue weighted by molar-refractivity contribution is 1.06. The molecule has 5 nitrogen and oxygen atoms in total. The molecule has 0 amide bonds. The molecule has 1 aromatic rings. The highest BCUT2D eigenvalue weighted by Gasteiger charge is 1.93. The van der Waals surface area contributed by atoms with Crippen LogP contribution in [0.4, 0.5) is 5.69 Å². The van der Waals surface area contributed by atoms with E-state index in [-0.39, 0.29) is 5.69 Å². The minimum Gasteiger partial charge on any atom is -0.303 e. The van der Waals surface area contributed by atoms with Crippen molar-refractivity contribution in [3.63, 3.8) is 0 Å². The van der Waals surface area contributed by atoms with Gasteiger partial charge in [0.1, 0.15) is 0 Å². The molecule has 0 aromatic carbocycles. The van der Waals surface area contributed by atoms with Crippen LogP contribution in [-0.4, -0.2) is 10.2 Å². The summed E-state index contributed by atoms with van der Waals surface area (Å²) in [7, 11) is 0. The van der Waals surface area contributed by atoms with E-state index in [2.05, 4.69) is 15.3 Å². The van der Waals surface area contributed by atoms with Crippen LogP contribution >= 0.6 is 0 Å². The maximum Gasteiger partial charge on any atom is 0.291 e. The predicted molar refractivity (Wildman–Crippen MR) is 25.6 cm³/mol. The van der Waals surface area contributed by atoms with Gasteiger partial charge in [0, 0.05) is 0 Å². The maximum absolute atomic E-state index is 10.3. The summed E-state index contributed by atoms with van der Waals surface area (Å²) in [4.78, 5) is 10.3. The van der Waals surface area contributed by atoms with Gasteiger partial charge in [0.2, 0.25) is 0 Å². The van der Waals surface area contributed by atoms with Crippen LogP contribution in [0.25, 0.3) is 0 Å². The first kappa shape index (κ1) is 4.76. The van der Waals surface area contributed by atoms with Crippen molar-refractivity contribution in [2.24, 2.45) is 5.11 Å². The summed E-state index contributed by atoms with van der Waals surface area (Å²) in [6, 6.07) is 0. The topological polar surface area (TPSA) is 83.3 Å². The van der Waals surface area contributed by atoms with Gasteiger partial charge in [-0.25, -0.2) is 0 Å². The predicted octanol–water partition coefficient (Wildman–Crippen LogP) is -0.413. The Morgan fingerprint density at radius 1 is 1.75 bits per heavy atom. The Morgan fingerprint density at radius 3 is 2.75 bits per heavy atom. The summed E-state index contributed by atoms with van der Waals surface area (Å²) in [6.45, 7) is 0. The van der Waals surface area contributed by atoms with Gasteiger partial charge in [-0.15, -0.1) is 5.11 Å². The molecule has 0 saturated carbocycles. The first-order valence-electron chi connectivity index (χ1n) is 1.96. The third-order valence-corrected chi connectivity index (χ3v) is 0.735. The quantitative estimate of drug-likeness (QED) is 0.474. The third-order valence-electron chi connectivity index (χ3n) is 0.735. The van der Waals surface area contributed by atoms with Crippen LogP contribution in [0.1, 0.15) is 0 Å². The second-order valence-corrected chi connectivity index (χ2v) is 1.23. The van der Waals surface area contributed by atoms with Gasteiger partial charge in [0.25, 0.3) is 5.56 Å². The standard InChI is InChI=1S/C3H3N4O/c4-6-2-1-5-7-3(2)8/h1H,(H2,5,7,8). The summed E-state index contributed by atoms with van der Waals surface area (Å²) < 4.78 is 0. The first-order valence-corrected chi connectivity index (χ1v) is 1.96. The first-order chi connectivity index (χ1) is 3.84. The molecular weight excluding hydrogens is 108 g/mol. The van der Waals surface area contributed by atoms with Gasteiger partial charge < -0.3 is 5.10 Å². The van der Waals surface area contributed by atoms with E-state index in [1.165, 1.54) is 6.20 Å². The molecule has 0 aliphatic rings. The largest absolute Gasteiger partial charge is 0.303 e. The van der Waals surface area contributed by atoms with Gasteiger partial charge in [-0.1, -0.05) is 0 Å². The van der Waals surface area contributed by atoms with Crippen LogP contribution in [0.3, 0.4) is 0 Å². The van der Waals surface area contributed by atoms with Gasteiger partial charge in [0.15, 0.2) is 5.69 Å². The van der Waals surface area contributed by atoms with E-state index in [9.17, 15) is 4.79 Å². The zero-order valence-electron chi connectivity index (χ0n) is 3.88. The lowest BCUT2D eigenvalue weighted by Gasteiger charge is -1.65. The lowest BCUT2D eigenvalue weighted by Crippen LogP contribution is -1.96. The molecule has 1 radical (unpaired) electrons. The van der Waals surface area contributed by atoms with Crippen LogP contribution in [0, 0.1) is 0 Å². The summed E-state index contributed by atoms with van der Waals surface area (Å²) in [5, 5.41) is 7.20. The van der Waals surface area contributed by atoms with Gasteiger partial charge in [0.05, 0.1) is 6.20 Å². The van der Waals surface area contributed by atoms with Crippen molar-refractivity contribution in [1.82, 2.24) is 15.7 Å². The van der Waals surface area contributed by atoms with Crippen LogP contribution in [-0.2, 0) is 0 Å². The Labute approximate surface area is 44.2 Å². The van der Waals surface area contributed by atoms with Crippen molar-refractivity contribution in [3.8, 4) is 0 Å². The molecule has 1 heterocycles. The van der Waals surface area contributed by atoms with E-state index in [0.717, 1.165) is 0 Å². The summed E-state index contributed by atoms with van der Waals surface area (Å²) in [5.74, 6) is 0. The smallest absolute Gasteiger partial charge is 0.291 e. The number of aromatic nitrogens is 2. The van der Waals surface area contributed by atoms with Crippen LogP contribution in [0.5, 0.6) is 0 Å². The Balaban J connectivity index is 3.30. The Hall–Kier alpha value is -1.39. The molecular formula is C3H3N4O. The molecule has 0 unspecified atom stereocenters. The summed E-state index contributed by atoms with van der Waals surface area (Å²) in [5.41, 5.74) is 7.56. The molecule has 5 heteroatoms. The molecule has 0 aliphatic heterocycles. The van der Waals surface area contributed by atoms with E-state index in [1.807, 2.05) is 0 Å². The fourth-order valence-electron chi connectivity index (χ4n) is 0.374. The highest BCUT2D eigenvalue weighted by Crippen LogP contribution is 1.94. The second-order valence-electron chi connectivity index (χ2n) is 1.23. The second kappa shape index (κ2) is 1.61. The van der Waals surface area contributed by atoms with Gasteiger partial charge in [-0.3, -0.25) is 9.89 Å². The lowest BCUT2D eigenvalue weighted by atomic mass is 10.6. The van der Waals surface area contributed by atoms with Crippen LogP contribution in [0.15, 0.2) is 16.1 Å². The van der Waals surface area contributed by atoms with E-state index >= 15 is 0 Å². The summed E-state index contributed by atoms with van der Waals surface area (Å²) >= 11 is 0. The van der Waals surface area contributed by atoms with Gasteiger partial charge >= 0.3 is 0 Å². The molecule has 1 aromatic heterocycles. The SMILES string of the molecule is [N]=Nc1c[nH][nH]c1=O. The number of nitrogens with zero attached hydrogens (tertiary/aromatic N) is 2. The number of hydrogen-bond donors (Lipinski definition) is 2. The van der Waals surface area contributed by atoms with Crippen molar-refractivity contribution in [3.05, 3.63) is 16.6 Å². The summed E-state index contributed by atoms with van der Waals surface area (Å²) in [6.07, 6.45) is 1.27.